The molecule has 4 rings (SSSR count). The normalized spacial score (nSPS) is 15.6. The number of hydrogen-bond donors (Lipinski definition) is 2. The van der Waals surface area contributed by atoms with Crippen molar-refractivity contribution in [2.75, 3.05) is 39.8 Å². The van der Waals surface area contributed by atoms with Gasteiger partial charge in [0.05, 0.1) is 39.1 Å². The molecule has 2 N–H and O–H groups in total. The Balaban J connectivity index is 1.63. The number of carbonyl (C=O) groups is 1. The van der Waals surface area contributed by atoms with Crippen molar-refractivity contribution in [1.29, 1.82) is 0 Å². The predicted molar refractivity (Wildman–Crippen MR) is 115 cm³/mol. The van der Waals surface area contributed by atoms with Gasteiger partial charge in [-0.2, -0.15) is 0 Å². The van der Waals surface area contributed by atoms with Crippen LogP contribution in [0, 0.1) is 0 Å². The largest absolute Gasteiger partial charge is 0.493 e. The first kappa shape index (κ1) is 20.8. The highest BCUT2D eigenvalue weighted by atomic mass is 16.5. The zero-order valence-electron chi connectivity index (χ0n) is 17.7. The number of anilines is 2. The maximum Gasteiger partial charge on any atom is 0.270 e. The summed E-state index contributed by atoms with van der Waals surface area (Å²) >= 11 is 0. The lowest BCUT2D eigenvalue weighted by molar-refractivity contribution is 0.0854. The minimum atomic E-state index is -0.290. The van der Waals surface area contributed by atoms with E-state index in [2.05, 4.69) is 15.6 Å². The van der Waals surface area contributed by atoms with Crippen LogP contribution in [0.25, 0.3) is 11.0 Å². The summed E-state index contributed by atoms with van der Waals surface area (Å²) in [7, 11) is 4.64. The summed E-state index contributed by atoms with van der Waals surface area (Å²) in [6, 6.07) is 6.94. The van der Waals surface area contributed by atoms with Crippen molar-refractivity contribution in [2.24, 2.45) is 0 Å². The van der Waals surface area contributed by atoms with Gasteiger partial charge in [0.1, 0.15) is 17.1 Å². The molecule has 2 aromatic heterocycles. The van der Waals surface area contributed by atoms with Gasteiger partial charge < -0.3 is 34.0 Å². The second-order valence-electron chi connectivity index (χ2n) is 7.07. The summed E-state index contributed by atoms with van der Waals surface area (Å²) in [6.07, 6.45) is 3.56. The van der Waals surface area contributed by atoms with E-state index in [1.54, 1.807) is 51.9 Å². The molecule has 0 aliphatic carbocycles. The zero-order chi connectivity index (χ0) is 21.8. The fourth-order valence-electron chi connectivity index (χ4n) is 3.57. The number of carbonyl (C=O) groups excluding carboxylic acids is 1. The van der Waals surface area contributed by atoms with Crippen LogP contribution in [0.15, 0.2) is 34.9 Å². The van der Waals surface area contributed by atoms with Gasteiger partial charge in [0.25, 0.3) is 5.91 Å². The number of methoxy groups -OCH3 is 3. The molecule has 1 atom stereocenters. The third-order valence-corrected chi connectivity index (χ3v) is 5.12. The fourth-order valence-corrected chi connectivity index (χ4v) is 3.57. The Kier molecular flexibility index (Phi) is 6.13. The number of aromatic nitrogens is 1. The smallest absolute Gasteiger partial charge is 0.270 e. The SMILES string of the molecule is COc1cc(Nc2nc(C(=O)NCC3CCCO3)cc3occc23)cc(OC)c1OC. The average molecular weight is 427 g/mol. The minimum absolute atomic E-state index is 0.0492. The number of nitrogens with one attached hydrogen (secondary N) is 2. The topological polar surface area (TPSA) is 104 Å². The number of hydrogen-bond acceptors (Lipinski definition) is 8. The Morgan fingerprint density at radius 2 is 1.94 bits per heavy atom. The first-order chi connectivity index (χ1) is 15.1. The van der Waals surface area contributed by atoms with Gasteiger partial charge in [-0.15, -0.1) is 0 Å². The molecule has 1 unspecified atom stereocenters. The number of furan rings is 1. The highest BCUT2D eigenvalue weighted by Crippen LogP contribution is 2.41. The highest BCUT2D eigenvalue weighted by molar-refractivity contribution is 5.99. The molecule has 3 aromatic rings. The first-order valence-corrected chi connectivity index (χ1v) is 9.98. The molecule has 1 amide bonds. The van der Waals surface area contributed by atoms with Crippen LogP contribution in [0.3, 0.4) is 0 Å². The van der Waals surface area contributed by atoms with Gasteiger partial charge in [-0.25, -0.2) is 4.98 Å². The van der Waals surface area contributed by atoms with E-state index in [9.17, 15) is 4.79 Å². The molecule has 31 heavy (non-hydrogen) atoms. The summed E-state index contributed by atoms with van der Waals surface area (Å²) < 4.78 is 27.3. The number of ether oxygens (including phenoxy) is 4. The molecule has 9 nitrogen and oxygen atoms in total. The van der Waals surface area contributed by atoms with Gasteiger partial charge in [-0.3, -0.25) is 4.79 Å². The lowest BCUT2D eigenvalue weighted by Crippen LogP contribution is -2.32. The van der Waals surface area contributed by atoms with Gasteiger partial charge in [-0.05, 0) is 18.9 Å². The number of benzene rings is 1. The predicted octanol–water partition coefficient (Wildman–Crippen LogP) is 3.51. The third kappa shape index (κ3) is 4.36. The summed E-state index contributed by atoms with van der Waals surface area (Å²) in [5, 5.41) is 6.86. The number of fused-ring (bicyclic) bond motifs is 1. The Morgan fingerprint density at radius 3 is 2.58 bits per heavy atom. The summed E-state index contributed by atoms with van der Waals surface area (Å²) in [4.78, 5) is 17.2. The molecule has 1 saturated heterocycles. The Hall–Kier alpha value is -3.46. The highest BCUT2D eigenvalue weighted by Gasteiger charge is 2.20. The van der Waals surface area contributed by atoms with Crippen molar-refractivity contribution in [3.63, 3.8) is 0 Å². The Bertz CT molecular complexity index is 1050. The van der Waals surface area contributed by atoms with Crippen LogP contribution >= 0.6 is 0 Å². The molecule has 9 heteroatoms. The van der Waals surface area contributed by atoms with E-state index >= 15 is 0 Å². The average Bonchev–Trinajstić information content (AvgIpc) is 3.48. The first-order valence-electron chi connectivity index (χ1n) is 9.98. The van der Waals surface area contributed by atoms with Gasteiger partial charge in [0.2, 0.25) is 5.75 Å². The molecule has 0 radical (unpaired) electrons. The van der Waals surface area contributed by atoms with Gasteiger partial charge in [0, 0.05) is 37.0 Å². The quantitative estimate of drug-likeness (QED) is 0.563. The molecule has 3 heterocycles. The van der Waals surface area contributed by atoms with Gasteiger partial charge in [-0.1, -0.05) is 0 Å². The van der Waals surface area contributed by atoms with Crippen molar-refractivity contribution in [3.8, 4) is 17.2 Å². The lowest BCUT2D eigenvalue weighted by atomic mass is 10.2. The van der Waals surface area contributed by atoms with Crippen LogP contribution in [-0.4, -0.2) is 51.5 Å². The van der Waals surface area contributed by atoms with E-state index in [1.165, 1.54) is 0 Å². The molecular weight excluding hydrogens is 402 g/mol. The zero-order valence-corrected chi connectivity index (χ0v) is 17.7. The Morgan fingerprint density at radius 1 is 1.16 bits per heavy atom. The Labute approximate surface area is 179 Å². The van der Waals surface area contributed by atoms with E-state index in [0.717, 1.165) is 24.8 Å². The standard InChI is InChI=1S/C22H25N3O6/c1-27-18-9-13(10-19(28-2)20(18)29-3)24-21-15-6-8-31-17(15)11-16(25-21)22(26)23-12-14-5-4-7-30-14/h6,8-11,14H,4-5,7,12H2,1-3H3,(H,23,26)(H,24,25). The van der Waals surface area contributed by atoms with E-state index in [1.807, 2.05) is 0 Å². The number of nitrogens with zero attached hydrogens (tertiary/aromatic N) is 1. The van der Waals surface area contributed by atoms with Crippen molar-refractivity contribution in [3.05, 3.63) is 36.2 Å². The minimum Gasteiger partial charge on any atom is -0.493 e. The van der Waals surface area contributed by atoms with E-state index in [-0.39, 0.29) is 17.7 Å². The molecule has 164 valence electrons. The monoisotopic (exact) mass is 427 g/mol. The van der Waals surface area contributed by atoms with Crippen LogP contribution in [0.5, 0.6) is 17.2 Å². The van der Waals surface area contributed by atoms with Crippen LogP contribution in [0.2, 0.25) is 0 Å². The van der Waals surface area contributed by atoms with E-state index < -0.39 is 0 Å². The molecule has 0 bridgehead atoms. The number of amides is 1. The van der Waals surface area contributed by atoms with Crippen molar-refractivity contribution < 1.29 is 28.2 Å². The molecule has 1 aromatic carbocycles. The van der Waals surface area contributed by atoms with Crippen LogP contribution < -0.4 is 24.8 Å². The maximum absolute atomic E-state index is 12.7. The number of pyridine rings is 1. The fraction of sp³-hybridized carbons (Fsp3) is 0.364. The molecule has 1 fully saturated rings. The van der Waals surface area contributed by atoms with Crippen molar-refractivity contribution in [2.45, 2.75) is 18.9 Å². The summed E-state index contributed by atoms with van der Waals surface area (Å²) in [5.41, 5.74) is 1.45. The molecule has 0 spiro atoms. The second kappa shape index (κ2) is 9.13. The second-order valence-corrected chi connectivity index (χ2v) is 7.07. The molecule has 1 aliphatic rings. The lowest BCUT2D eigenvalue weighted by Gasteiger charge is -2.15. The van der Waals surface area contributed by atoms with Gasteiger partial charge in [0.15, 0.2) is 11.5 Å². The third-order valence-electron chi connectivity index (χ3n) is 5.12. The van der Waals surface area contributed by atoms with Crippen LogP contribution in [-0.2, 0) is 4.74 Å². The number of rotatable bonds is 8. The molecule has 1 aliphatic heterocycles. The molecular formula is C22H25N3O6. The van der Waals surface area contributed by atoms with Crippen molar-refractivity contribution >= 4 is 28.4 Å². The van der Waals surface area contributed by atoms with E-state index in [4.69, 9.17) is 23.4 Å². The van der Waals surface area contributed by atoms with Crippen LogP contribution in [0.4, 0.5) is 11.5 Å². The summed E-state index contributed by atoms with van der Waals surface area (Å²) in [6.45, 7) is 1.19. The molecule has 0 saturated carbocycles. The maximum atomic E-state index is 12.7. The van der Waals surface area contributed by atoms with Gasteiger partial charge >= 0.3 is 0 Å². The van der Waals surface area contributed by atoms with Crippen molar-refractivity contribution in [1.82, 2.24) is 10.3 Å². The van der Waals surface area contributed by atoms with E-state index in [0.29, 0.717) is 40.9 Å². The summed E-state index contributed by atoms with van der Waals surface area (Å²) in [5.74, 6) is 1.67. The van der Waals surface area contributed by atoms with Crippen LogP contribution in [0.1, 0.15) is 23.3 Å².